The Morgan fingerprint density at radius 3 is 2.41 bits per heavy atom. The molecular formula is C32H31ClF4N4O4S. The summed E-state index contributed by atoms with van der Waals surface area (Å²) in [6.07, 6.45) is 0.579. The number of nitrogens with zero attached hydrogens (tertiary/aromatic N) is 3. The molecule has 0 saturated heterocycles. The normalized spacial score (nSPS) is 16.9. The third kappa shape index (κ3) is 7.31. The zero-order valence-corrected chi connectivity index (χ0v) is 26.5. The summed E-state index contributed by atoms with van der Waals surface area (Å²) in [4.78, 5) is 7.30. The van der Waals surface area contributed by atoms with E-state index in [1.54, 1.807) is 24.3 Å². The average Bonchev–Trinajstić information content (AvgIpc) is 3.05. The number of nitrogens with one attached hydrogen (secondary N) is 1. The molecule has 8 nitrogen and oxygen atoms in total. The van der Waals surface area contributed by atoms with Crippen LogP contribution in [0.3, 0.4) is 0 Å². The molecule has 0 atom stereocenters. The smallest absolute Gasteiger partial charge is 0.416 e. The van der Waals surface area contributed by atoms with E-state index in [2.05, 4.69) is 15.3 Å². The number of methoxy groups -OCH3 is 2. The molecule has 1 saturated carbocycles. The maximum Gasteiger partial charge on any atom is 0.416 e. The molecule has 0 amide bonds. The van der Waals surface area contributed by atoms with Crippen LogP contribution in [0.1, 0.15) is 48.3 Å². The van der Waals surface area contributed by atoms with Crippen LogP contribution in [0.5, 0.6) is 11.5 Å². The van der Waals surface area contributed by atoms with Gasteiger partial charge in [0.05, 0.1) is 37.0 Å². The van der Waals surface area contributed by atoms with Gasteiger partial charge >= 0.3 is 6.18 Å². The number of sulfonamides is 1. The SMILES string of the molecule is COc1ccc(CN(c2ccncn2)S(=O)(=O)c2cc(Cl)c(NC3CCC(c4cccc(C(F)(F)F)c4)CC3)cc2F)c(OC)c1. The van der Waals surface area contributed by atoms with Gasteiger partial charge in [-0.15, -0.1) is 0 Å². The third-order valence-electron chi connectivity index (χ3n) is 7.99. The Morgan fingerprint density at radius 1 is 1.00 bits per heavy atom. The highest BCUT2D eigenvalue weighted by molar-refractivity contribution is 7.92. The highest BCUT2D eigenvalue weighted by atomic mass is 35.5. The molecule has 1 aliphatic rings. The van der Waals surface area contributed by atoms with E-state index in [1.807, 2.05) is 0 Å². The topological polar surface area (TPSA) is 93.7 Å². The van der Waals surface area contributed by atoms with E-state index < -0.39 is 32.5 Å². The van der Waals surface area contributed by atoms with E-state index in [4.69, 9.17) is 21.1 Å². The first-order valence-corrected chi connectivity index (χ1v) is 16.1. The van der Waals surface area contributed by atoms with Crippen molar-refractivity contribution in [1.29, 1.82) is 0 Å². The summed E-state index contributed by atoms with van der Waals surface area (Å²) < 4.78 is 94.9. The Hall–Kier alpha value is -4.10. The number of hydrogen-bond acceptors (Lipinski definition) is 7. The van der Waals surface area contributed by atoms with E-state index in [0.717, 1.165) is 22.5 Å². The van der Waals surface area contributed by atoms with Crippen LogP contribution in [0, 0.1) is 5.82 Å². The molecule has 244 valence electrons. The van der Waals surface area contributed by atoms with Crippen molar-refractivity contribution < 1.29 is 35.5 Å². The third-order valence-corrected chi connectivity index (χ3v) is 10.1. The fourth-order valence-electron chi connectivity index (χ4n) is 5.57. The molecule has 14 heteroatoms. The van der Waals surface area contributed by atoms with Gasteiger partial charge in [-0.1, -0.05) is 29.8 Å². The molecule has 1 heterocycles. The van der Waals surface area contributed by atoms with Crippen LogP contribution in [0.15, 0.2) is 78.1 Å². The van der Waals surface area contributed by atoms with Crippen molar-refractivity contribution in [2.24, 2.45) is 0 Å². The van der Waals surface area contributed by atoms with Crippen molar-refractivity contribution in [2.75, 3.05) is 23.8 Å². The number of benzene rings is 3. The summed E-state index contributed by atoms with van der Waals surface area (Å²) in [6.45, 7) is -0.251. The lowest BCUT2D eigenvalue weighted by atomic mass is 9.81. The largest absolute Gasteiger partial charge is 0.497 e. The Labute approximate surface area is 269 Å². The lowest BCUT2D eigenvalue weighted by Gasteiger charge is -2.31. The molecule has 0 aliphatic heterocycles. The molecule has 0 spiro atoms. The summed E-state index contributed by atoms with van der Waals surface area (Å²) >= 11 is 6.53. The molecule has 0 unspecified atom stereocenters. The minimum atomic E-state index is -4.56. The second-order valence-electron chi connectivity index (χ2n) is 10.8. The molecular weight excluding hydrogens is 648 g/mol. The number of ether oxygens (including phenoxy) is 2. The van der Waals surface area contributed by atoms with Gasteiger partial charge in [0.15, 0.2) is 0 Å². The standard InChI is InChI=1S/C32H31ClF4N4O4S/c1-44-25-11-8-22(29(15-25)45-2)18-41(31-12-13-38-19-39-31)46(42,43)30-16-26(33)28(17-27(30)34)40-24-9-6-20(7-10-24)21-4-3-5-23(14-21)32(35,36)37/h3-5,8,11-17,19-20,24,40H,6-7,9-10,18H2,1-2H3. The fourth-order valence-corrected chi connectivity index (χ4v) is 7.33. The van der Waals surface area contributed by atoms with E-state index in [9.17, 15) is 21.6 Å². The van der Waals surface area contributed by atoms with Gasteiger partial charge in [0.25, 0.3) is 10.0 Å². The molecule has 4 aromatic rings. The first-order valence-electron chi connectivity index (χ1n) is 14.3. The van der Waals surface area contributed by atoms with Gasteiger partial charge in [-0.2, -0.15) is 13.2 Å². The Balaban J connectivity index is 1.36. The number of aromatic nitrogens is 2. The lowest BCUT2D eigenvalue weighted by molar-refractivity contribution is -0.137. The van der Waals surface area contributed by atoms with Crippen LogP contribution in [0.25, 0.3) is 0 Å². The lowest BCUT2D eigenvalue weighted by Crippen LogP contribution is -2.32. The molecule has 1 aliphatic carbocycles. The summed E-state index contributed by atoms with van der Waals surface area (Å²) in [5.74, 6) is -0.206. The molecule has 3 aromatic carbocycles. The Bertz CT molecular complexity index is 1790. The first kappa shape index (κ1) is 33.3. The number of rotatable bonds is 10. The van der Waals surface area contributed by atoms with Gasteiger partial charge in [0, 0.05) is 29.9 Å². The van der Waals surface area contributed by atoms with Crippen molar-refractivity contribution in [3.8, 4) is 11.5 Å². The number of halogens is 5. The Kier molecular flexibility index (Phi) is 9.92. The summed E-state index contributed by atoms with van der Waals surface area (Å²) in [5, 5.41) is 3.18. The van der Waals surface area contributed by atoms with Crippen molar-refractivity contribution in [2.45, 2.75) is 55.3 Å². The number of hydrogen-bond donors (Lipinski definition) is 1. The van der Waals surface area contributed by atoms with Crippen molar-refractivity contribution in [3.05, 3.63) is 101 Å². The molecule has 1 N–H and O–H groups in total. The van der Waals surface area contributed by atoms with Crippen molar-refractivity contribution in [1.82, 2.24) is 9.97 Å². The predicted octanol–water partition coefficient (Wildman–Crippen LogP) is 7.84. The predicted molar refractivity (Wildman–Crippen MR) is 166 cm³/mol. The number of alkyl halides is 3. The minimum absolute atomic E-state index is 0.00289. The summed E-state index contributed by atoms with van der Waals surface area (Å²) in [6, 6.07) is 13.6. The van der Waals surface area contributed by atoms with E-state index in [-0.39, 0.29) is 35.0 Å². The van der Waals surface area contributed by atoms with Gasteiger partial charge in [0.2, 0.25) is 0 Å². The minimum Gasteiger partial charge on any atom is -0.497 e. The van der Waals surface area contributed by atoms with Crippen LogP contribution in [0.2, 0.25) is 5.02 Å². The molecule has 5 rings (SSSR count). The van der Waals surface area contributed by atoms with Crippen molar-refractivity contribution in [3.63, 3.8) is 0 Å². The van der Waals surface area contributed by atoms with Crippen molar-refractivity contribution >= 4 is 33.1 Å². The van der Waals surface area contributed by atoms with E-state index >= 15 is 4.39 Å². The van der Waals surface area contributed by atoms with Gasteiger partial charge < -0.3 is 14.8 Å². The van der Waals surface area contributed by atoms with Gasteiger partial charge in [0.1, 0.15) is 34.4 Å². The molecule has 0 radical (unpaired) electrons. The molecule has 1 fully saturated rings. The van der Waals surface area contributed by atoms with Crippen LogP contribution in [-0.2, 0) is 22.7 Å². The maximum absolute atomic E-state index is 15.7. The number of anilines is 2. The monoisotopic (exact) mass is 678 g/mol. The fraction of sp³-hybridized carbons (Fsp3) is 0.312. The quantitative estimate of drug-likeness (QED) is 0.171. The van der Waals surface area contributed by atoms with Crippen LogP contribution < -0.4 is 19.1 Å². The highest BCUT2D eigenvalue weighted by Gasteiger charge is 2.33. The highest BCUT2D eigenvalue weighted by Crippen LogP contribution is 2.39. The van der Waals surface area contributed by atoms with Crippen LogP contribution in [0.4, 0.5) is 29.1 Å². The van der Waals surface area contributed by atoms with Crippen LogP contribution in [-0.4, -0.2) is 38.6 Å². The van der Waals surface area contributed by atoms with Crippen LogP contribution >= 0.6 is 11.6 Å². The molecule has 46 heavy (non-hydrogen) atoms. The van der Waals surface area contributed by atoms with Gasteiger partial charge in [-0.25, -0.2) is 27.1 Å². The second-order valence-corrected chi connectivity index (χ2v) is 13.1. The van der Waals surface area contributed by atoms with Gasteiger partial charge in [-0.3, -0.25) is 0 Å². The van der Waals surface area contributed by atoms with E-state index in [1.165, 1.54) is 44.9 Å². The maximum atomic E-state index is 15.7. The zero-order chi connectivity index (χ0) is 33.1. The molecule has 1 aromatic heterocycles. The summed E-state index contributed by atoms with van der Waals surface area (Å²) in [7, 11) is -1.63. The summed E-state index contributed by atoms with van der Waals surface area (Å²) in [5.41, 5.74) is 0.637. The van der Waals surface area contributed by atoms with E-state index in [0.29, 0.717) is 48.3 Å². The van der Waals surface area contributed by atoms with Gasteiger partial charge in [-0.05, 0) is 67.5 Å². The Morgan fingerprint density at radius 2 is 1.76 bits per heavy atom. The second kappa shape index (κ2) is 13.7. The zero-order valence-electron chi connectivity index (χ0n) is 24.9. The average molecular weight is 679 g/mol. The molecule has 0 bridgehead atoms. The first-order chi connectivity index (χ1) is 21.9.